The Labute approximate surface area is 139 Å². The first-order valence-corrected chi connectivity index (χ1v) is 6.82. The van der Waals surface area contributed by atoms with Gasteiger partial charge in [0.2, 0.25) is 0 Å². The van der Waals surface area contributed by atoms with E-state index in [1.165, 1.54) is 24.3 Å². The van der Waals surface area contributed by atoms with Crippen molar-refractivity contribution in [1.29, 1.82) is 0 Å². The molecule has 0 atom stereocenters. The normalized spacial score (nSPS) is 10.2. The number of carboxylic acids is 1. The summed E-state index contributed by atoms with van der Waals surface area (Å²) in [4.78, 5) is 33.2. The SMILES string of the molecule is O=C([O-])c1ccccc1C(=O)Nc1c(Cl)cc([N+](=O)[O-])cc1Cl. The van der Waals surface area contributed by atoms with Gasteiger partial charge in [0.15, 0.2) is 0 Å². The third kappa shape index (κ3) is 3.58. The number of carbonyl (C=O) groups excluding carboxylic acids is 2. The van der Waals surface area contributed by atoms with Gasteiger partial charge in [-0.15, -0.1) is 0 Å². The van der Waals surface area contributed by atoms with Crippen molar-refractivity contribution < 1.29 is 19.6 Å². The summed E-state index contributed by atoms with van der Waals surface area (Å²) in [7, 11) is 0. The molecule has 0 aliphatic carbocycles. The summed E-state index contributed by atoms with van der Waals surface area (Å²) in [6.07, 6.45) is 0. The minimum atomic E-state index is -1.52. The summed E-state index contributed by atoms with van der Waals surface area (Å²) >= 11 is 11.8. The van der Waals surface area contributed by atoms with E-state index in [1.807, 2.05) is 0 Å². The number of halogens is 2. The standard InChI is InChI=1S/C14H8Cl2N2O5/c15-10-5-7(18(22)23)6-11(16)12(10)17-13(19)8-3-1-2-4-9(8)14(20)21/h1-6H,(H,17,19)(H,20,21)/p-1. The van der Waals surface area contributed by atoms with Crippen LogP contribution in [0.1, 0.15) is 20.7 Å². The van der Waals surface area contributed by atoms with E-state index < -0.39 is 16.8 Å². The summed E-state index contributed by atoms with van der Waals surface area (Å²) in [5, 5.41) is 23.8. The lowest BCUT2D eigenvalue weighted by Gasteiger charge is -2.12. The number of hydrogen-bond acceptors (Lipinski definition) is 5. The van der Waals surface area contributed by atoms with Crippen molar-refractivity contribution in [3.05, 3.63) is 67.7 Å². The molecular formula is C14H7Cl2N2O5-. The molecule has 7 nitrogen and oxygen atoms in total. The molecule has 0 saturated carbocycles. The minimum absolute atomic E-state index is 0.0583. The van der Waals surface area contributed by atoms with Crippen LogP contribution < -0.4 is 10.4 Å². The third-order valence-corrected chi connectivity index (χ3v) is 3.46. The van der Waals surface area contributed by atoms with E-state index in [0.717, 1.165) is 12.1 Å². The molecule has 0 fully saturated rings. The molecule has 0 heterocycles. The Balaban J connectivity index is 2.39. The number of benzene rings is 2. The van der Waals surface area contributed by atoms with Crippen LogP contribution in [0.25, 0.3) is 0 Å². The van der Waals surface area contributed by atoms with Gasteiger partial charge in [-0.1, -0.05) is 41.4 Å². The molecule has 0 aliphatic heterocycles. The maximum Gasteiger partial charge on any atom is 0.272 e. The fourth-order valence-electron chi connectivity index (χ4n) is 1.82. The second-order valence-corrected chi connectivity index (χ2v) is 5.14. The molecule has 0 aliphatic rings. The highest BCUT2D eigenvalue weighted by atomic mass is 35.5. The summed E-state index contributed by atoms with van der Waals surface area (Å²) in [6.45, 7) is 0. The predicted octanol–water partition coefficient (Wildman–Crippen LogP) is 2.52. The van der Waals surface area contributed by atoms with E-state index in [4.69, 9.17) is 23.2 Å². The van der Waals surface area contributed by atoms with Gasteiger partial charge < -0.3 is 15.2 Å². The number of carbonyl (C=O) groups is 2. The molecule has 1 amide bonds. The van der Waals surface area contributed by atoms with Gasteiger partial charge in [0, 0.05) is 23.3 Å². The fourth-order valence-corrected chi connectivity index (χ4v) is 2.39. The quantitative estimate of drug-likeness (QED) is 0.670. The number of nitrogens with one attached hydrogen (secondary N) is 1. The van der Waals surface area contributed by atoms with Crippen LogP contribution in [0, 0.1) is 10.1 Å². The molecular weight excluding hydrogens is 347 g/mol. The Morgan fingerprint density at radius 1 is 1.04 bits per heavy atom. The van der Waals surface area contributed by atoms with E-state index in [2.05, 4.69) is 5.32 Å². The topological polar surface area (TPSA) is 112 Å². The van der Waals surface area contributed by atoms with Crippen LogP contribution in [0.15, 0.2) is 36.4 Å². The second-order valence-electron chi connectivity index (χ2n) is 4.33. The molecule has 0 spiro atoms. The van der Waals surface area contributed by atoms with E-state index in [0.29, 0.717) is 0 Å². The zero-order chi connectivity index (χ0) is 17.1. The molecule has 2 rings (SSSR count). The monoisotopic (exact) mass is 353 g/mol. The van der Waals surface area contributed by atoms with Gasteiger partial charge in [0.05, 0.1) is 26.6 Å². The Hall–Kier alpha value is -2.64. The molecule has 0 saturated heterocycles. The van der Waals surface area contributed by atoms with Gasteiger partial charge in [-0.05, 0) is 6.07 Å². The zero-order valence-electron chi connectivity index (χ0n) is 11.2. The Kier molecular flexibility index (Phi) is 4.83. The van der Waals surface area contributed by atoms with E-state index in [1.54, 1.807) is 0 Å². The molecule has 0 unspecified atom stereocenters. The van der Waals surface area contributed by atoms with Gasteiger partial charge >= 0.3 is 0 Å². The Morgan fingerprint density at radius 3 is 2.04 bits per heavy atom. The van der Waals surface area contributed by atoms with Gasteiger partial charge in [0.25, 0.3) is 11.6 Å². The number of anilines is 1. The van der Waals surface area contributed by atoms with E-state index >= 15 is 0 Å². The lowest BCUT2D eigenvalue weighted by Crippen LogP contribution is -2.26. The van der Waals surface area contributed by atoms with Crippen molar-refractivity contribution in [2.24, 2.45) is 0 Å². The van der Waals surface area contributed by atoms with Crippen LogP contribution in [0.2, 0.25) is 10.0 Å². The largest absolute Gasteiger partial charge is 0.545 e. The molecule has 2 aromatic rings. The van der Waals surface area contributed by atoms with Crippen LogP contribution in [-0.4, -0.2) is 16.8 Å². The number of amides is 1. The van der Waals surface area contributed by atoms with Crippen molar-refractivity contribution in [3.63, 3.8) is 0 Å². The molecule has 0 radical (unpaired) electrons. The molecule has 1 N–H and O–H groups in total. The lowest BCUT2D eigenvalue weighted by atomic mass is 10.1. The van der Waals surface area contributed by atoms with Crippen LogP contribution >= 0.6 is 23.2 Å². The first-order chi connectivity index (χ1) is 10.8. The predicted molar refractivity (Wildman–Crippen MR) is 81.8 cm³/mol. The molecule has 0 bridgehead atoms. The van der Waals surface area contributed by atoms with Crippen molar-refractivity contribution in [2.75, 3.05) is 5.32 Å². The number of nitrogens with zero attached hydrogens (tertiary/aromatic N) is 1. The van der Waals surface area contributed by atoms with Gasteiger partial charge in [-0.3, -0.25) is 14.9 Å². The zero-order valence-corrected chi connectivity index (χ0v) is 12.7. The number of aromatic carboxylic acids is 1. The smallest absolute Gasteiger partial charge is 0.272 e. The van der Waals surface area contributed by atoms with E-state index in [-0.39, 0.29) is 32.5 Å². The van der Waals surface area contributed by atoms with E-state index in [9.17, 15) is 24.8 Å². The molecule has 2 aromatic carbocycles. The van der Waals surface area contributed by atoms with Crippen LogP contribution in [0.4, 0.5) is 11.4 Å². The highest BCUT2D eigenvalue weighted by Crippen LogP contribution is 2.35. The first kappa shape index (κ1) is 16.7. The van der Waals surface area contributed by atoms with Crippen LogP contribution in [-0.2, 0) is 0 Å². The van der Waals surface area contributed by atoms with Crippen molar-refractivity contribution in [3.8, 4) is 0 Å². The van der Waals surface area contributed by atoms with Crippen LogP contribution in [0.5, 0.6) is 0 Å². The second kappa shape index (κ2) is 6.64. The average molecular weight is 354 g/mol. The summed E-state index contributed by atoms with van der Waals surface area (Å²) in [6, 6.07) is 7.45. The Bertz CT molecular complexity index is 800. The fraction of sp³-hybridized carbons (Fsp3) is 0. The molecule has 9 heteroatoms. The maximum atomic E-state index is 12.2. The highest BCUT2D eigenvalue weighted by Gasteiger charge is 2.18. The number of nitro groups is 1. The summed E-state index contributed by atoms with van der Waals surface area (Å²) < 4.78 is 0. The number of nitro benzene ring substituents is 1. The lowest BCUT2D eigenvalue weighted by molar-refractivity contribution is -0.384. The van der Waals surface area contributed by atoms with Gasteiger partial charge in [-0.2, -0.15) is 0 Å². The number of carboxylic acid groups (broad SMARTS) is 1. The molecule has 0 aromatic heterocycles. The highest BCUT2D eigenvalue weighted by molar-refractivity contribution is 6.40. The summed E-state index contributed by atoms with van der Waals surface area (Å²) in [5.41, 5.74) is -0.859. The molecule has 23 heavy (non-hydrogen) atoms. The van der Waals surface area contributed by atoms with Gasteiger partial charge in [0.1, 0.15) is 0 Å². The van der Waals surface area contributed by atoms with Crippen molar-refractivity contribution in [1.82, 2.24) is 0 Å². The minimum Gasteiger partial charge on any atom is -0.545 e. The number of non-ortho nitro benzene ring substituents is 1. The average Bonchev–Trinajstić information content (AvgIpc) is 2.50. The van der Waals surface area contributed by atoms with Crippen molar-refractivity contribution >= 4 is 46.5 Å². The number of hydrogen-bond donors (Lipinski definition) is 1. The maximum absolute atomic E-state index is 12.2. The Morgan fingerprint density at radius 2 is 1.57 bits per heavy atom. The molecule has 118 valence electrons. The van der Waals surface area contributed by atoms with Crippen LogP contribution in [0.3, 0.4) is 0 Å². The van der Waals surface area contributed by atoms with Crippen molar-refractivity contribution in [2.45, 2.75) is 0 Å². The third-order valence-electron chi connectivity index (χ3n) is 2.87. The first-order valence-electron chi connectivity index (χ1n) is 6.06. The summed E-state index contributed by atoms with van der Waals surface area (Å²) in [5.74, 6) is -2.31. The van der Waals surface area contributed by atoms with Gasteiger partial charge in [-0.25, -0.2) is 0 Å². The number of rotatable bonds is 4.